The topological polar surface area (TPSA) is 414 Å². The number of aliphatic hydroxyl groups excluding tert-OH is 2. The maximum atomic E-state index is 13.0. The number of rotatable bonds is 26. The van der Waals surface area contributed by atoms with Crippen LogP contribution in [0.2, 0.25) is 0 Å². The van der Waals surface area contributed by atoms with Gasteiger partial charge in [0.2, 0.25) is 47.3 Å². The molecular formula is C28H48N10O14. The minimum atomic E-state index is -1.87. The van der Waals surface area contributed by atoms with E-state index in [1.54, 1.807) is 0 Å². The Labute approximate surface area is 296 Å². The van der Waals surface area contributed by atoms with Crippen molar-refractivity contribution in [3.05, 3.63) is 0 Å². The molecule has 0 saturated heterocycles. The number of hydrogen-bond donors (Lipinski definition) is 14. The molecule has 17 N–H and O–H groups in total. The summed E-state index contributed by atoms with van der Waals surface area (Å²) in [6, 6.07) is -8.87. The van der Waals surface area contributed by atoms with Crippen molar-refractivity contribution in [2.75, 3.05) is 32.8 Å². The van der Waals surface area contributed by atoms with Crippen molar-refractivity contribution in [3.8, 4) is 0 Å². The molecule has 0 aliphatic rings. The molecule has 24 heteroatoms. The number of carboxylic acids is 2. The monoisotopic (exact) mass is 748 g/mol. The number of carbonyl (C=O) groups is 10. The lowest BCUT2D eigenvalue weighted by atomic mass is 10.1. The number of nitrogens with one attached hydrogen (secondary N) is 7. The van der Waals surface area contributed by atoms with Crippen molar-refractivity contribution in [3.63, 3.8) is 0 Å². The fraction of sp³-hybridized carbons (Fsp3) is 0.643. The van der Waals surface area contributed by atoms with Crippen LogP contribution in [-0.2, 0) is 47.9 Å². The van der Waals surface area contributed by atoms with Gasteiger partial charge in [0.05, 0.1) is 38.8 Å². The lowest BCUT2D eigenvalue weighted by Crippen LogP contribution is -2.59. The number of primary amides is 1. The van der Waals surface area contributed by atoms with Gasteiger partial charge in [0.15, 0.2) is 0 Å². The number of amides is 8. The zero-order valence-electron chi connectivity index (χ0n) is 28.3. The third-order valence-electron chi connectivity index (χ3n) is 6.82. The molecule has 0 aliphatic heterocycles. The zero-order chi connectivity index (χ0) is 40.0. The highest BCUT2D eigenvalue weighted by molar-refractivity contribution is 5.96. The molecule has 0 bridgehead atoms. The minimum Gasteiger partial charge on any atom is -0.481 e. The normalized spacial score (nSPS) is 14.1. The van der Waals surface area contributed by atoms with E-state index in [4.69, 9.17) is 27.4 Å². The van der Waals surface area contributed by atoms with E-state index in [0.717, 1.165) is 0 Å². The third-order valence-corrected chi connectivity index (χ3v) is 6.82. The van der Waals surface area contributed by atoms with Gasteiger partial charge in [-0.1, -0.05) is 0 Å². The van der Waals surface area contributed by atoms with Crippen LogP contribution >= 0.6 is 0 Å². The van der Waals surface area contributed by atoms with Crippen molar-refractivity contribution < 1.29 is 68.4 Å². The quantitative estimate of drug-likeness (QED) is 0.0365. The van der Waals surface area contributed by atoms with Gasteiger partial charge in [0.1, 0.15) is 30.2 Å². The van der Waals surface area contributed by atoms with Gasteiger partial charge in [-0.2, -0.15) is 0 Å². The van der Waals surface area contributed by atoms with E-state index < -0.39 is 135 Å². The first-order valence-corrected chi connectivity index (χ1v) is 15.8. The van der Waals surface area contributed by atoms with Crippen molar-refractivity contribution >= 4 is 59.2 Å². The summed E-state index contributed by atoms with van der Waals surface area (Å²) in [5, 5.41) is 52.0. The second kappa shape index (κ2) is 24.6. The van der Waals surface area contributed by atoms with E-state index in [9.17, 15) is 58.2 Å². The van der Waals surface area contributed by atoms with Crippen LogP contribution in [0.4, 0.5) is 0 Å². The summed E-state index contributed by atoms with van der Waals surface area (Å²) in [6.45, 7) is -1.89. The van der Waals surface area contributed by atoms with Crippen LogP contribution in [0.15, 0.2) is 0 Å². The van der Waals surface area contributed by atoms with Gasteiger partial charge in [0.25, 0.3) is 0 Å². The van der Waals surface area contributed by atoms with Gasteiger partial charge in [-0.3, -0.25) is 43.2 Å². The molecule has 0 saturated carbocycles. The second-order valence-electron chi connectivity index (χ2n) is 11.2. The maximum Gasteiger partial charge on any atom is 0.326 e. The molecule has 0 aliphatic carbocycles. The number of aliphatic hydroxyl groups is 2. The van der Waals surface area contributed by atoms with Crippen molar-refractivity contribution in [2.45, 2.75) is 81.7 Å². The molecule has 0 spiro atoms. The Balaban J connectivity index is 5.34. The molecule has 0 radical (unpaired) electrons. The highest BCUT2D eigenvalue weighted by Crippen LogP contribution is 2.04. The molecule has 52 heavy (non-hydrogen) atoms. The third kappa shape index (κ3) is 19.1. The Hall–Kier alpha value is -5.46. The lowest BCUT2D eigenvalue weighted by Gasteiger charge is -2.24. The summed E-state index contributed by atoms with van der Waals surface area (Å²) in [6.07, 6.45) is -0.740. The van der Waals surface area contributed by atoms with Gasteiger partial charge in [-0.15, -0.1) is 0 Å². The predicted octanol–water partition coefficient (Wildman–Crippen LogP) is -8.07. The summed E-state index contributed by atoms with van der Waals surface area (Å²) >= 11 is 0. The number of aliphatic carboxylic acids is 2. The molecule has 0 aromatic heterocycles. The first-order chi connectivity index (χ1) is 24.4. The number of nitrogens with two attached hydrogens (primary N) is 3. The van der Waals surface area contributed by atoms with Crippen LogP contribution in [0.3, 0.4) is 0 Å². The zero-order valence-corrected chi connectivity index (χ0v) is 28.3. The number of carbonyl (C=O) groups excluding carboxylic acids is 8. The predicted molar refractivity (Wildman–Crippen MR) is 175 cm³/mol. The van der Waals surface area contributed by atoms with E-state index in [2.05, 4.69) is 26.6 Å². The van der Waals surface area contributed by atoms with Gasteiger partial charge in [-0.05, 0) is 39.2 Å². The van der Waals surface area contributed by atoms with E-state index in [0.29, 0.717) is 19.4 Å². The molecule has 0 aromatic carbocycles. The Kier molecular flexibility index (Phi) is 22.1. The van der Waals surface area contributed by atoms with Gasteiger partial charge < -0.3 is 74.8 Å². The molecule has 0 fully saturated rings. The maximum absolute atomic E-state index is 13.0. The van der Waals surface area contributed by atoms with E-state index in [-0.39, 0.29) is 12.8 Å². The van der Waals surface area contributed by atoms with E-state index in [1.807, 2.05) is 10.6 Å². The average Bonchev–Trinajstić information content (AvgIpc) is 3.07. The Bertz CT molecular complexity index is 1300. The molecule has 6 atom stereocenters. The molecule has 24 nitrogen and oxygen atoms in total. The molecule has 6 unspecified atom stereocenters. The van der Waals surface area contributed by atoms with Crippen LogP contribution in [0.1, 0.15) is 45.4 Å². The van der Waals surface area contributed by atoms with Crippen molar-refractivity contribution in [2.24, 2.45) is 17.2 Å². The van der Waals surface area contributed by atoms with Crippen molar-refractivity contribution in [1.29, 1.82) is 0 Å². The van der Waals surface area contributed by atoms with Gasteiger partial charge in [0, 0.05) is 6.42 Å². The Morgan fingerprint density at radius 1 is 0.596 bits per heavy atom. The van der Waals surface area contributed by atoms with Crippen LogP contribution in [0.25, 0.3) is 0 Å². The number of hydrogen-bond acceptors (Lipinski definition) is 14. The molecular weight excluding hydrogens is 700 g/mol. The van der Waals surface area contributed by atoms with Gasteiger partial charge >= 0.3 is 11.9 Å². The Morgan fingerprint density at radius 2 is 1.08 bits per heavy atom. The molecule has 0 aromatic rings. The Morgan fingerprint density at radius 3 is 1.58 bits per heavy atom. The second-order valence-corrected chi connectivity index (χ2v) is 11.2. The van der Waals surface area contributed by atoms with Crippen LogP contribution < -0.4 is 54.4 Å². The molecule has 294 valence electrons. The fourth-order valence-electron chi connectivity index (χ4n) is 3.98. The number of carboxylic acid groups (broad SMARTS) is 2. The molecule has 0 heterocycles. The molecule has 8 amide bonds. The summed E-state index contributed by atoms with van der Waals surface area (Å²) in [5.41, 5.74) is 16.2. The first kappa shape index (κ1) is 46.5. The highest BCUT2D eigenvalue weighted by Gasteiger charge is 2.31. The number of unbranched alkanes of at least 4 members (excludes halogenated alkanes) is 1. The highest BCUT2D eigenvalue weighted by atomic mass is 16.4. The van der Waals surface area contributed by atoms with Gasteiger partial charge in [-0.25, -0.2) is 4.79 Å². The SMILES string of the molecule is CC(N)C(=O)NC(CCCCN)C(=O)NC(CO)C(=O)NC(CCC(N)=O)C(=O)NCC(=O)NCC(=O)NC(CO)C(=O)NC(CC(=O)O)C(=O)O. The lowest BCUT2D eigenvalue weighted by molar-refractivity contribution is -0.147. The van der Waals surface area contributed by atoms with E-state index in [1.165, 1.54) is 6.92 Å². The standard InChI is InChI=1S/C28H48N10O14/c1-13(30)23(46)35-14(4-2-3-7-29)25(48)38-18(12-40)27(50)36-15(5-6-19(31)41)24(47)33-9-20(42)32-10-21(43)34-17(11-39)26(49)37-16(28(51)52)8-22(44)45/h13-18,39-40H,2-12,29-30H2,1H3,(H2,31,41)(H,32,42)(H,33,47)(H,34,43)(H,35,46)(H,36,50)(H,37,49)(H,38,48)(H,44,45)(H,51,52). The van der Waals surface area contributed by atoms with Crippen LogP contribution in [0, 0.1) is 0 Å². The summed E-state index contributed by atoms with van der Waals surface area (Å²) < 4.78 is 0. The van der Waals surface area contributed by atoms with Crippen LogP contribution in [0.5, 0.6) is 0 Å². The average molecular weight is 749 g/mol. The summed E-state index contributed by atoms with van der Waals surface area (Å²) in [5.74, 6) is -11.0. The van der Waals surface area contributed by atoms with Crippen LogP contribution in [-0.4, -0.2) is 149 Å². The largest absolute Gasteiger partial charge is 0.481 e. The minimum absolute atomic E-state index is 0.119. The first-order valence-electron chi connectivity index (χ1n) is 15.8. The summed E-state index contributed by atoms with van der Waals surface area (Å²) in [7, 11) is 0. The summed E-state index contributed by atoms with van der Waals surface area (Å²) in [4.78, 5) is 121. The molecule has 0 rings (SSSR count). The van der Waals surface area contributed by atoms with Crippen molar-refractivity contribution in [1.82, 2.24) is 37.2 Å². The smallest absolute Gasteiger partial charge is 0.326 e. The van der Waals surface area contributed by atoms with E-state index >= 15 is 0 Å². The fourth-order valence-corrected chi connectivity index (χ4v) is 3.98.